The predicted octanol–water partition coefficient (Wildman–Crippen LogP) is 5.01. The SMILES string of the molecule is CN(Cc1ccc(OC(F)F)cc1)C(=O)c1cc(-c2cccnc2)nc2c1cnn2Cc1ccco1. The quantitative estimate of drug-likeness (QED) is 0.305. The molecule has 0 aliphatic rings. The summed E-state index contributed by atoms with van der Waals surface area (Å²) in [5.74, 6) is 0.527. The highest BCUT2D eigenvalue weighted by molar-refractivity contribution is 6.06. The molecule has 1 aromatic carbocycles. The monoisotopic (exact) mass is 489 g/mol. The zero-order valence-electron chi connectivity index (χ0n) is 19.2. The summed E-state index contributed by atoms with van der Waals surface area (Å²) in [6, 6.07) is 15.2. The lowest BCUT2D eigenvalue weighted by Gasteiger charge is -2.18. The number of hydrogen-bond acceptors (Lipinski definition) is 6. The maximum atomic E-state index is 13.6. The molecule has 5 aromatic rings. The van der Waals surface area contributed by atoms with Crippen molar-refractivity contribution in [2.75, 3.05) is 7.05 Å². The molecule has 0 unspecified atom stereocenters. The lowest BCUT2D eigenvalue weighted by molar-refractivity contribution is -0.0498. The van der Waals surface area contributed by atoms with Crippen LogP contribution in [0.5, 0.6) is 5.75 Å². The molecule has 0 atom stereocenters. The van der Waals surface area contributed by atoms with Gasteiger partial charge in [0, 0.05) is 31.5 Å². The Hall–Kier alpha value is -4.60. The number of fused-ring (bicyclic) bond motifs is 1. The van der Waals surface area contributed by atoms with E-state index in [2.05, 4.69) is 14.8 Å². The Bertz CT molecular complexity index is 1470. The number of furan rings is 1. The normalized spacial score (nSPS) is 11.2. The van der Waals surface area contributed by atoms with E-state index in [1.165, 1.54) is 12.1 Å². The number of carbonyl (C=O) groups is 1. The molecular formula is C26H21F2N5O3. The van der Waals surface area contributed by atoms with Gasteiger partial charge in [-0.2, -0.15) is 13.9 Å². The number of alkyl halides is 2. The third-order valence-electron chi connectivity index (χ3n) is 5.60. The van der Waals surface area contributed by atoms with Crippen LogP contribution in [0.1, 0.15) is 21.7 Å². The van der Waals surface area contributed by atoms with Crippen molar-refractivity contribution in [2.24, 2.45) is 0 Å². The molecule has 0 N–H and O–H groups in total. The van der Waals surface area contributed by atoms with Gasteiger partial charge in [-0.25, -0.2) is 9.67 Å². The van der Waals surface area contributed by atoms with E-state index in [-0.39, 0.29) is 18.2 Å². The fourth-order valence-corrected chi connectivity index (χ4v) is 3.88. The van der Waals surface area contributed by atoms with Crippen LogP contribution in [0, 0.1) is 0 Å². The topological polar surface area (TPSA) is 86.3 Å². The third-order valence-corrected chi connectivity index (χ3v) is 5.60. The second kappa shape index (κ2) is 9.95. The molecule has 182 valence electrons. The summed E-state index contributed by atoms with van der Waals surface area (Å²) in [6.45, 7) is -2.27. The number of benzene rings is 1. The Labute approximate surface area is 204 Å². The van der Waals surface area contributed by atoms with Crippen LogP contribution in [-0.2, 0) is 13.1 Å². The minimum atomic E-state index is -2.89. The molecule has 0 spiro atoms. The summed E-state index contributed by atoms with van der Waals surface area (Å²) in [7, 11) is 1.68. The first-order valence-corrected chi connectivity index (χ1v) is 11.1. The fourth-order valence-electron chi connectivity index (χ4n) is 3.88. The number of amides is 1. The number of hydrogen-bond donors (Lipinski definition) is 0. The van der Waals surface area contributed by atoms with Gasteiger partial charge in [0.25, 0.3) is 5.91 Å². The lowest BCUT2D eigenvalue weighted by atomic mass is 10.1. The first-order chi connectivity index (χ1) is 17.5. The average Bonchev–Trinajstić information content (AvgIpc) is 3.55. The maximum Gasteiger partial charge on any atom is 0.387 e. The molecule has 8 nitrogen and oxygen atoms in total. The van der Waals surface area contributed by atoms with E-state index >= 15 is 0 Å². The molecule has 5 rings (SSSR count). The van der Waals surface area contributed by atoms with Gasteiger partial charge < -0.3 is 14.1 Å². The summed E-state index contributed by atoms with van der Waals surface area (Å²) < 4.78 is 36.4. The Morgan fingerprint density at radius 2 is 1.97 bits per heavy atom. The van der Waals surface area contributed by atoms with Crippen LogP contribution in [0.4, 0.5) is 8.78 Å². The number of halogens is 2. The summed E-state index contributed by atoms with van der Waals surface area (Å²) >= 11 is 0. The van der Waals surface area contributed by atoms with Crippen LogP contribution < -0.4 is 4.74 Å². The summed E-state index contributed by atoms with van der Waals surface area (Å²) in [6.07, 6.45) is 6.56. The Balaban J connectivity index is 1.48. The van der Waals surface area contributed by atoms with Crippen molar-refractivity contribution in [3.63, 3.8) is 0 Å². The number of ether oxygens (including phenoxy) is 1. The summed E-state index contributed by atoms with van der Waals surface area (Å²) in [4.78, 5) is 24.1. The Kier molecular flexibility index (Phi) is 6.40. The first-order valence-electron chi connectivity index (χ1n) is 11.1. The van der Waals surface area contributed by atoms with Crippen molar-refractivity contribution in [3.05, 3.63) is 96.3 Å². The van der Waals surface area contributed by atoms with Gasteiger partial charge in [0.05, 0.1) is 29.1 Å². The molecular weight excluding hydrogens is 468 g/mol. The molecule has 4 aromatic heterocycles. The van der Waals surface area contributed by atoms with E-state index < -0.39 is 6.61 Å². The van der Waals surface area contributed by atoms with E-state index in [9.17, 15) is 13.6 Å². The molecule has 0 radical (unpaired) electrons. The van der Waals surface area contributed by atoms with Gasteiger partial charge in [-0.15, -0.1) is 0 Å². The van der Waals surface area contributed by atoms with Gasteiger partial charge in [-0.1, -0.05) is 12.1 Å². The number of aromatic nitrogens is 4. The van der Waals surface area contributed by atoms with Gasteiger partial charge >= 0.3 is 6.61 Å². The van der Waals surface area contributed by atoms with Crippen molar-refractivity contribution in [1.82, 2.24) is 24.6 Å². The molecule has 0 aliphatic carbocycles. The largest absolute Gasteiger partial charge is 0.467 e. The van der Waals surface area contributed by atoms with Gasteiger partial charge in [-0.05, 0) is 48.0 Å². The predicted molar refractivity (Wildman–Crippen MR) is 127 cm³/mol. The highest BCUT2D eigenvalue weighted by Gasteiger charge is 2.21. The zero-order valence-corrected chi connectivity index (χ0v) is 19.2. The Morgan fingerprint density at radius 3 is 2.67 bits per heavy atom. The van der Waals surface area contributed by atoms with Gasteiger partial charge in [0.1, 0.15) is 18.1 Å². The van der Waals surface area contributed by atoms with Crippen LogP contribution in [0.2, 0.25) is 0 Å². The van der Waals surface area contributed by atoms with Crippen LogP contribution in [0.25, 0.3) is 22.3 Å². The van der Waals surface area contributed by atoms with E-state index in [1.807, 2.05) is 12.1 Å². The molecule has 1 amide bonds. The van der Waals surface area contributed by atoms with Crippen LogP contribution in [0.3, 0.4) is 0 Å². The van der Waals surface area contributed by atoms with E-state index in [4.69, 9.17) is 9.40 Å². The molecule has 0 bridgehead atoms. The minimum absolute atomic E-state index is 0.0589. The van der Waals surface area contributed by atoms with E-state index in [0.29, 0.717) is 34.6 Å². The standard InChI is InChI=1S/C26H21F2N5O3/c1-32(15-17-6-8-19(9-7-17)36-26(27)28)25(34)21-12-23(18-4-2-10-29-13-18)31-24-22(21)14-30-33(24)16-20-5-3-11-35-20/h2-14,26H,15-16H2,1H3. The molecule has 0 saturated heterocycles. The minimum Gasteiger partial charge on any atom is -0.467 e. The van der Waals surface area contributed by atoms with Crippen molar-refractivity contribution in [1.29, 1.82) is 0 Å². The average molecular weight is 489 g/mol. The molecule has 0 fully saturated rings. The van der Waals surface area contributed by atoms with Crippen molar-refractivity contribution < 1.29 is 22.7 Å². The first kappa shape index (κ1) is 23.2. The zero-order chi connectivity index (χ0) is 25.1. The highest BCUT2D eigenvalue weighted by atomic mass is 19.3. The summed E-state index contributed by atoms with van der Waals surface area (Å²) in [5.41, 5.74) is 3.08. The number of pyridine rings is 2. The smallest absolute Gasteiger partial charge is 0.387 e. The highest BCUT2D eigenvalue weighted by Crippen LogP contribution is 2.26. The van der Waals surface area contributed by atoms with Crippen LogP contribution in [-0.4, -0.2) is 44.2 Å². The second-order valence-corrected chi connectivity index (χ2v) is 8.10. The molecule has 0 aliphatic heterocycles. The number of carbonyl (C=O) groups excluding carboxylic acids is 1. The molecule has 36 heavy (non-hydrogen) atoms. The van der Waals surface area contributed by atoms with Crippen molar-refractivity contribution in [3.8, 4) is 17.0 Å². The summed E-state index contributed by atoms with van der Waals surface area (Å²) in [5, 5.41) is 5.06. The number of rotatable bonds is 8. The van der Waals surface area contributed by atoms with Crippen LogP contribution >= 0.6 is 0 Å². The Morgan fingerprint density at radius 1 is 1.14 bits per heavy atom. The number of nitrogens with zero attached hydrogens (tertiary/aromatic N) is 5. The molecule has 4 heterocycles. The van der Waals surface area contributed by atoms with Crippen molar-refractivity contribution in [2.45, 2.75) is 19.7 Å². The third kappa shape index (κ3) is 4.92. The van der Waals surface area contributed by atoms with Crippen molar-refractivity contribution >= 4 is 16.9 Å². The maximum absolute atomic E-state index is 13.6. The second-order valence-electron chi connectivity index (χ2n) is 8.10. The van der Waals surface area contributed by atoms with Gasteiger partial charge in [-0.3, -0.25) is 9.78 Å². The molecule has 0 saturated carbocycles. The van der Waals surface area contributed by atoms with Gasteiger partial charge in [0.2, 0.25) is 0 Å². The molecule has 10 heteroatoms. The van der Waals surface area contributed by atoms with Gasteiger partial charge in [0.15, 0.2) is 5.65 Å². The lowest BCUT2D eigenvalue weighted by Crippen LogP contribution is -2.26. The fraction of sp³-hybridized carbons (Fsp3) is 0.154. The van der Waals surface area contributed by atoms with E-state index in [0.717, 1.165) is 11.1 Å². The van der Waals surface area contributed by atoms with E-state index in [1.54, 1.807) is 71.8 Å². The van der Waals surface area contributed by atoms with Crippen LogP contribution in [0.15, 0.2) is 83.9 Å².